The first-order chi connectivity index (χ1) is 8.83. The summed E-state index contributed by atoms with van der Waals surface area (Å²) in [5, 5.41) is 0. The zero-order chi connectivity index (χ0) is 13.1. The van der Waals surface area contributed by atoms with E-state index in [0.717, 1.165) is 12.5 Å². The van der Waals surface area contributed by atoms with Gasteiger partial charge in [-0.05, 0) is 13.0 Å². The summed E-state index contributed by atoms with van der Waals surface area (Å²) in [6.07, 6.45) is 1.53. The van der Waals surface area contributed by atoms with E-state index >= 15 is 0 Å². The SMILES string of the molecule is CCOC[Si](O)CCc1ccc[cH-]1.[Fe+2].c1cc[cH-]c1. The van der Waals surface area contributed by atoms with Crippen LogP contribution in [-0.4, -0.2) is 26.7 Å². The Morgan fingerprint density at radius 1 is 1.21 bits per heavy atom. The van der Waals surface area contributed by atoms with Crippen LogP contribution in [0.15, 0.2) is 54.6 Å². The molecule has 19 heavy (non-hydrogen) atoms. The maximum absolute atomic E-state index is 9.56. The maximum Gasteiger partial charge on any atom is 2.00 e. The predicted molar refractivity (Wildman–Crippen MR) is 77.0 cm³/mol. The van der Waals surface area contributed by atoms with Gasteiger partial charge >= 0.3 is 17.1 Å². The Bertz CT molecular complexity index is 342. The molecule has 0 bridgehead atoms. The number of ether oxygens (including phenoxy) is 1. The van der Waals surface area contributed by atoms with E-state index in [9.17, 15) is 4.80 Å². The van der Waals surface area contributed by atoms with Crippen molar-refractivity contribution in [3.8, 4) is 0 Å². The Morgan fingerprint density at radius 2 is 1.95 bits per heavy atom. The van der Waals surface area contributed by atoms with Gasteiger partial charge in [0.15, 0.2) is 0 Å². The van der Waals surface area contributed by atoms with Crippen LogP contribution in [0.1, 0.15) is 12.5 Å². The van der Waals surface area contributed by atoms with Gasteiger partial charge in [0, 0.05) is 6.61 Å². The minimum absolute atomic E-state index is 0. The monoisotopic (exact) mass is 317 g/mol. The molecular formula is C15H21FeO2Si. The molecule has 2 aromatic rings. The van der Waals surface area contributed by atoms with Crippen LogP contribution in [0.2, 0.25) is 6.04 Å². The second-order valence-corrected chi connectivity index (χ2v) is 5.88. The minimum Gasteiger partial charge on any atom is -0.429 e. The van der Waals surface area contributed by atoms with Crippen LogP contribution in [0, 0.1) is 0 Å². The van der Waals surface area contributed by atoms with Crippen molar-refractivity contribution in [3.05, 3.63) is 60.2 Å². The molecule has 1 radical (unpaired) electrons. The van der Waals surface area contributed by atoms with Crippen molar-refractivity contribution in [1.29, 1.82) is 0 Å². The zero-order valence-electron chi connectivity index (χ0n) is 11.2. The van der Waals surface area contributed by atoms with Gasteiger partial charge in [-0.1, -0.05) is 6.42 Å². The van der Waals surface area contributed by atoms with E-state index in [1.165, 1.54) is 5.56 Å². The second-order valence-electron chi connectivity index (χ2n) is 3.96. The second kappa shape index (κ2) is 12.4. The Hall–Kier alpha value is -0.644. The molecule has 0 aromatic heterocycles. The molecule has 0 unspecified atom stereocenters. The van der Waals surface area contributed by atoms with Gasteiger partial charge in [-0.2, -0.15) is 35.9 Å². The normalized spacial score (nSPS) is 9.63. The van der Waals surface area contributed by atoms with Gasteiger partial charge in [0.25, 0.3) is 0 Å². The molecule has 0 saturated carbocycles. The van der Waals surface area contributed by atoms with Crippen LogP contribution in [0.25, 0.3) is 0 Å². The summed E-state index contributed by atoms with van der Waals surface area (Å²) in [6, 6.07) is 19.1. The summed E-state index contributed by atoms with van der Waals surface area (Å²) < 4.78 is 5.16. The van der Waals surface area contributed by atoms with Gasteiger partial charge < -0.3 is 9.53 Å². The first kappa shape index (κ1) is 18.4. The molecule has 0 aliphatic rings. The van der Waals surface area contributed by atoms with Crippen molar-refractivity contribution >= 4 is 9.04 Å². The molecule has 4 heteroatoms. The zero-order valence-corrected chi connectivity index (χ0v) is 13.3. The van der Waals surface area contributed by atoms with Crippen molar-refractivity contribution in [2.45, 2.75) is 19.4 Å². The fourth-order valence-corrected chi connectivity index (χ4v) is 2.64. The Morgan fingerprint density at radius 3 is 2.42 bits per heavy atom. The van der Waals surface area contributed by atoms with E-state index in [1.807, 2.05) is 49.4 Å². The van der Waals surface area contributed by atoms with Crippen LogP contribution < -0.4 is 0 Å². The molecule has 0 aliphatic heterocycles. The fourth-order valence-electron chi connectivity index (χ4n) is 1.48. The van der Waals surface area contributed by atoms with Crippen molar-refractivity contribution in [2.24, 2.45) is 0 Å². The number of hydrogen-bond acceptors (Lipinski definition) is 2. The summed E-state index contributed by atoms with van der Waals surface area (Å²) in [5.74, 6) is 0. The maximum atomic E-state index is 9.56. The largest absolute Gasteiger partial charge is 2.00 e. The van der Waals surface area contributed by atoms with E-state index in [1.54, 1.807) is 0 Å². The van der Waals surface area contributed by atoms with Crippen LogP contribution >= 0.6 is 0 Å². The van der Waals surface area contributed by atoms with Gasteiger partial charge in [0.1, 0.15) is 0 Å². The summed E-state index contributed by atoms with van der Waals surface area (Å²) >= 11 is 0. The van der Waals surface area contributed by atoms with Gasteiger partial charge in [-0.3, -0.25) is 0 Å². The predicted octanol–water partition coefficient (Wildman–Crippen LogP) is 2.91. The molecule has 0 aliphatic carbocycles. The van der Waals surface area contributed by atoms with Gasteiger partial charge in [-0.25, -0.2) is 24.3 Å². The first-order valence-corrected chi connectivity index (χ1v) is 8.17. The quantitative estimate of drug-likeness (QED) is 0.656. The Kier molecular flexibility index (Phi) is 12.0. The molecule has 2 rings (SSSR count). The fraction of sp³-hybridized carbons (Fsp3) is 0.333. The molecule has 0 fully saturated rings. The van der Waals surface area contributed by atoms with Crippen molar-refractivity contribution in [1.82, 2.24) is 0 Å². The van der Waals surface area contributed by atoms with Crippen LogP contribution in [0.3, 0.4) is 0 Å². The minimum atomic E-state index is -1.25. The Labute approximate surface area is 128 Å². The Balaban J connectivity index is 0.000000454. The van der Waals surface area contributed by atoms with E-state index in [0.29, 0.717) is 12.8 Å². The van der Waals surface area contributed by atoms with Gasteiger partial charge in [0.2, 0.25) is 9.04 Å². The summed E-state index contributed by atoms with van der Waals surface area (Å²) in [4.78, 5) is 9.56. The summed E-state index contributed by atoms with van der Waals surface area (Å²) in [7, 11) is -1.25. The molecular weight excluding hydrogens is 296 g/mol. The molecule has 105 valence electrons. The van der Waals surface area contributed by atoms with E-state index < -0.39 is 9.04 Å². The molecule has 0 spiro atoms. The molecule has 0 atom stereocenters. The van der Waals surface area contributed by atoms with E-state index in [-0.39, 0.29) is 17.1 Å². The molecule has 0 heterocycles. The summed E-state index contributed by atoms with van der Waals surface area (Å²) in [6.45, 7) is 2.65. The standard InChI is InChI=1S/C10H16O2Si.C5H5.Fe/c1-2-12-9-13(11)8-7-10-5-3-4-6-10;1-2-4-5-3-1;/h3-6,11H,2,7-9H2,1H3;1-5H;/q2*-1;+2. The number of aryl methyl sites for hydroxylation is 1. The molecule has 0 saturated heterocycles. The van der Waals surface area contributed by atoms with Crippen molar-refractivity contribution in [2.75, 3.05) is 12.8 Å². The van der Waals surface area contributed by atoms with E-state index in [2.05, 4.69) is 12.1 Å². The third kappa shape index (κ3) is 9.88. The van der Waals surface area contributed by atoms with Crippen LogP contribution in [-0.2, 0) is 28.2 Å². The van der Waals surface area contributed by atoms with Crippen LogP contribution in [0.5, 0.6) is 0 Å². The number of hydrogen-bond donors (Lipinski definition) is 1. The molecule has 2 nitrogen and oxygen atoms in total. The molecule has 0 amide bonds. The smallest absolute Gasteiger partial charge is 0.429 e. The average molecular weight is 317 g/mol. The summed E-state index contributed by atoms with van der Waals surface area (Å²) in [5.41, 5.74) is 1.31. The third-order valence-electron chi connectivity index (χ3n) is 2.46. The number of rotatable bonds is 6. The molecule has 2 aromatic carbocycles. The molecule has 1 N–H and O–H groups in total. The van der Waals surface area contributed by atoms with Gasteiger partial charge in [-0.15, -0.1) is 0 Å². The van der Waals surface area contributed by atoms with Crippen molar-refractivity contribution in [3.63, 3.8) is 0 Å². The van der Waals surface area contributed by atoms with Crippen molar-refractivity contribution < 1.29 is 26.6 Å². The van der Waals surface area contributed by atoms with E-state index in [4.69, 9.17) is 4.74 Å². The van der Waals surface area contributed by atoms with Crippen LogP contribution in [0.4, 0.5) is 0 Å². The topological polar surface area (TPSA) is 29.5 Å². The first-order valence-electron chi connectivity index (χ1n) is 6.31. The third-order valence-corrected chi connectivity index (χ3v) is 3.83. The van der Waals surface area contributed by atoms with Gasteiger partial charge in [0.05, 0.1) is 6.23 Å². The average Bonchev–Trinajstić information content (AvgIpc) is 3.07.